The van der Waals surface area contributed by atoms with E-state index in [2.05, 4.69) is 0 Å². The van der Waals surface area contributed by atoms with Crippen molar-refractivity contribution in [2.75, 3.05) is 19.1 Å². The van der Waals surface area contributed by atoms with Crippen molar-refractivity contribution in [3.8, 4) is 17.2 Å². The first-order valence-electron chi connectivity index (χ1n) is 12.9. The number of phenolic OH excluding ortho intramolecular Hbond substituents is 1. The molecule has 3 aliphatic carbocycles. The summed E-state index contributed by atoms with van der Waals surface area (Å²) >= 11 is 6.03. The largest absolute Gasteiger partial charge is 0.502 e. The molecule has 9 heteroatoms. The van der Waals surface area contributed by atoms with Crippen molar-refractivity contribution in [3.05, 3.63) is 81.4 Å². The molecule has 0 saturated carbocycles. The van der Waals surface area contributed by atoms with Gasteiger partial charge < -0.3 is 14.6 Å². The quantitative estimate of drug-likeness (QED) is 0.328. The Morgan fingerprint density at radius 2 is 1.60 bits per heavy atom. The molecule has 2 aromatic rings. The van der Waals surface area contributed by atoms with Crippen LogP contribution in [0.2, 0.25) is 5.02 Å². The van der Waals surface area contributed by atoms with Crippen LogP contribution in [-0.4, -0.2) is 42.7 Å². The summed E-state index contributed by atoms with van der Waals surface area (Å²) < 4.78 is 10.8. The van der Waals surface area contributed by atoms with Crippen molar-refractivity contribution in [2.45, 2.75) is 25.7 Å². The van der Waals surface area contributed by atoms with E-state index in [9.17, 15) is 24.3 Å². The van der Waals surface area contributed by atoms with Crippen LogP contribution in [-0.2, 0) is 19.2 Å². The van der Waals surface area contributed by atoms with Crippen LogP contribution in [0.15, 0.2) is 70.8 Å². The molecule has 8 nitrogen and oxygen atoms in total. The zero-order valence-corrected chi connectivity index (χ0v) is 22.8. The number of imide groups is 1. The number of amides is 2. The summed E-state index contributed by atoms with van der Waals surface area (Å²) in [7, 11) is 2.82. The van der Waals surface area contributed by atoms with Crippen molar-refractivity contribution in [1.82, 2.24) is 0 Å². The van der Waals surface area contributed by atoms with Gasteiger partial charge in [-0.2, -0.15) is 0 Å². The third-order valence-corrected chi connectivity index (χ3v) is 8.74. The van der Waals surface area contributed by atoms with Gasteiger partial charge in [-0.3, -0.25) is 24.1 Å². The number of nitrogens with zero attached hydrogens (tertiary/aromatic N) is 1. The maximum Gasteiger partial charge on any atom is 0.238 e. The molecule has 4 unspecified atom stereocenters. The van der Waals surface area contributed by atoms with Crippen LogP contribution < -0.4 is 14.4 Å². The number of hydrogen-bond acceptors (Lipinski definition) is 7. The highest BCUT2D eigenvalue weighted by Gasteiger charge is 2.56. The number of methoxy groups -OCH3 is 2. The van der Waals surface area contributed by atoms with Gasteiger partial charge >= 0.3 is 0 Å². The number of anilines is 1. The van der Waals surface area contributed by atoms with E-state index in [-0.39, 0.29) is 47.1 Å². The van der Waals surface area contributed by atoms with Gasteiger partial charge in [0.15, 0.2) is 23.1 Å². The number of hydrogen-bond donors (Lipinski definition) is 1. The highest BCUT2D eigenvalue weighted by Crippen LogP contribution is 2.56. The minimum atomic E-state index is -0.699. The van der Waals surface area contributed by atoms with Crippen molar-refractivity contribution in [3.63, 3.8) is 0 Å². The number of ketones is 2. The van der Waals surface area contributed by atoms with Gasteiger partial charge in [-0.15, -0.1) is 0 Å². The van der Waals surface area contributed by atoms with E-state index >= 15 is 0 Å². The maximum absolute atomic E-state index is 13.9. The maximum atomic E-state index is 13.9. The first kappa shape index (κ1) is 26.1. The van der Waals surface area contributed by atoms with Crippen LogP contribution in [0, 0.1) is 17.8 Å². The van der Waals surface area contributed by atoms with Crippen LogP contribution in [0.4, 0.5) is 5.69 Å². The summed E-state index contributed by atoms with van der Waals surface area (Å²) in [5.74, 6) is -3.50. The van der Waals surface area contributed by atoms with Crippen molar-refractivity contribution >= 4 is 40.7 Å². The van der Waals surface area contributed by atoms with Crippen LogP contribution in [0.25, 0.3) is 0 Å². The molecule has 204 valence electrons. The van der Waals surface area contributed by atoms with Crippen molar-refractivity contribution < 1.29 is 33.8 Å². The van der Waals surface area contributed by atoms with Crippen LogP contribution >= 0.6 is 11.6 Å². The van der Waals surface area contributed by atoms with E-state index in [1.165, 1.54) is 25.2 Å². The summed E-state index contributed by atoms with van der Waals surface area (Å²) in [6.07, 6.45) is 3.77. The molecule has 6 rings (SSSR count). The number of rotatable bonds is 4. The number of halogens is 1. The average Bonchev–Trinajstić information content (AvgIpc) is 3.21. The van der Waals surface area contributed by atoms with Gasteiger partial charge in [0.05, 0.1) is 31.7 Å². The molecule has 0 radical (unpaired) electrons. The standard InChI is InChI=1S/C31H26ClNO7/c1-14-10-22(34)21-13-20-18(25(27(21)28(14)35)15-11-23(39-2)29(36)24(12-15)40-3)8-9-19-26(20)31(38)33(30(19)37)17-6-4-16(32)5-7-17/h4-8,10-12,19-20,25-26,36H,9,13H2,1-3H3. The Labute approximate surface area is 235 Å². The lowest BCUT2D eigenvalue weighted by Gasteiger charge is -2.42. The molecular weight excluding hydrogens is 534 g/mol. The Morgan fingerprint density at radius 3 is 2.23 bits per heavy atom. The molecule has 1 aliphatic heterocycles. The van der Waals surface area contributed by atoms with Gasteiger partial charge in [0.2, 0.25) is 17.6 Å². The number of fused-ring (bicyclic) bond motifs is 3. The number of carbonyl (C=O) groups excluding carboxylic acids is 4. The third kappa shape index (κ3) is 3.73. The van der Waals surface area contributed by atoms with Crippen molar-refractivity contribution in [2.24, 2.45) is 17.8 Å². The fourth-order valence-electron chi connectivity index (χ4n) is 6.67. The lowest BCUT2D eigenvalue weighted by Crippen LogP contribution is -2.39. The molecule has 4 aliphatic rings. The number of benzene rings is 2. The van der Waals surface area contributed by atoms with E-state index < -0.39 is 23.7 Å². The van der Waals surface area contributed by atoms with Gasteiger partial charge in [0.25, 0.3) is 0 Å². The lowest BCUT2D eigenvalue weighted by atomic mass is 9.59. The molecule has 0 bridgehead atoms. The first-order chi connectivity index (χ1) is 19.2. The van der Waals surface area contributed by atoms with Crippen LogP contribution in [0.5, 0.6) is 17.2 Å². The fraction of sp³-hybridized carbons (Fsp3) is 0.290. The molecule has 1 fully saturated rings. The Bertz CT molecular complexity index is 1570. The smallest absolute Gasteiger partial charge is 0.238 e. The van der Waals surface area contributed by atoms with Crippen molar-refractivity contribution in [1.29, 1.82) is 0 Å². The predicted molar refractivity (Wildman–Crippen MR) is 146 cm³/mol. The van der Waals surface area contributed by atoms with E-state index in [0.717, 1.165) is 5.57 Å². The van der Waals surface area contributed by atoms with Gasteiger partial charge in [0.1, 0.15) is 0 Å². The highest BCUT2D eigenvalue weighted by molar-refractivity contribution is 6.31. The van der Waals surface area contributed by atoms with E-state index in [4.69, 9.17) is 21.1 Å². The molecule has 2 amide bonds. The normalized spacial score (nSPS) is 25.8. The monoisotopic (exact) mass is 559 g/mol. The SMILES string of the molecule is COc1cc(C2C3=CCC4C(=O)N(c5ccc(Cl)cc5)C(=O)C4C3CC3=C2C(=O)C(C)=CC3=O)cc(OC)c1O. The second-order valence-corrected chi connectivity index (χ2v) is 10.9. The summed E-state index contributed by atoms with van der Waals surface area (Å²) in [5.41, 5.74) is 2.85. The summed E-state index contributed by atoms with van der Waals surface area (Å²) in [5, 5.41) is 11.0. The number of Topliss-reactive ketones (excluding diaryl/α,β-unsaturated/α-hetero) is 1. The van der Waals surface area contributed by atoms with E-state index in [1.54, 1.807) is 43.3 Å². The fourth-order valence-corrected chi connectivity index (χ4v) is 6.79. The number of aromatic hydroxyl groups is 1. The number of ether oxygens (including phenoxy) is 2. The summed E-state index contributed by atoms with van der Waals surface area (Å²) in [6, 6.07) is 9.78. The van der Waals surface area contributed by atoms with Gasteiger partial charge in [-0.1, -0.05) is 23.3 Å². The minimum absolute atomic E-state index is 0.149. The Morgan fingerprint density at radius 1 is 0.950 bits per heavy atom. The highest BCUT2D eigenvalue weighted by atomic mass is 35.5. The Kier molecular flexibility index (Phi) is 6.18. The summed E-state index contributed by atoms with van der Waals surface area (Å²) in [6.45, 7) is 1.61. The topological polar surface area (TPSA) is 110 Å². The summed E-state index contributed by atoms with van der Waals surface area (Å²) in [4.78, 5) is 55.6. The third-order valence-electron chi connectivity index (χ3n) is 8.49. The van der Waals surface area contributed by atoms with Gasteiger partial charge in [-0.05, 0) is 73.7 Å². The zero-order chi connectivity index (χ0) is 28.5. The molecule has 0 aromatic heterocycles. The Hall–Kier alpha value is -4.17. The van der Waals surface area contributed by atoms with Crippen LogP contribution in [0.1, 0.15) is 31.2 Å². The van der Waals surface area contributed by atoms with Crippen LogP contribution in [0.3, 0.4) is 0 Å². The number of carbonyl (C=O) groups is 4. The minimum Gasteiger partial charge on any atom is -0.502 e. The van der Waals surface area contributed by atoms with E-state index in [1.807, 2.05) is 6.08 Å². The van der Waals surface area contributed by atoms with E-state index in [0.29, 0.717) is 39.4 Å². The molecule has 40 heavy (non-hydrogen) atoms. The number of allylic oxidation sites excluding steroid dienone is 6. The molecular formula is C31H26ClNO7. The molecule has 0 spiro atoms. The molecule has 1 heterocycles. The van der Waals surface area contributed by atoms with Gasteiger partial charge in [-0.25, -0.2) is 0 Å². The molecule has 1 saturated heterocycles. The lowest BCUT2D eigenvalue weighted by molar-refractivity contribution is -0.123. The second kappa shape index (κ2) is 9.48. The second-order valence-electron chi connectivity index (χ2n) is 10.5. The predicted octanol–water partition coefficient (Wildman–Crippen LogP) is 4.70. The molecule has 4 atom stereocenters. The average molecular weight is 560 g/mol. The first-order valence-corrected chi connectivity index (χ1v) is 13.3. The Balaban J connectivity index is 1.51. The zero-order valence-electron chi connectivity index (χ0n) is 22.1. The molecule has 1 N–H and O–H groups in total. The van der Waals surface area contributed by atoms with Gasteiger partial charge in [0, 0.05) is 27.7 Å². The molecule has 2 aromatic carbocycles. The number of phenols is 1.